The Morgan fingerprint density at radius 3 is 2.30 bits per heavy atom. The number of pyridine rings is 1. The average Bonchev–Trinajstić information content (AvgIpc) is 2.55. The van der Waals surface area contributed by atoms with E-state index in [1.807, 2.05) is 0 Å². The number of anilines is 2. The molecule has 3 rings (SSSR count). The highest BCUT2D eigenvalue weighted by atomic mass is 19.4. The first-order valence-electron chi connectivity index (χ1n) is 6.78. The number of aromatic nitrogens is 1. The summed E-state index contributed by atoms with van der Waals surface area (Å²) in [6.07, 6.45) is -4.00. The minimum absolute atomic E-state index is 0.101. The van der Waals surface area contributed by atoms with Crippen molar-refractivity contribution < 1.29 is 18.0 Å². The zero-order valence-corrected chi connectivity index (χ0v) is 11.8. The van der Waals surface area contributed by atoms with Crippen molar-refractivity contribution in [2.75, 3.05) is 5.32 Å². The van der Waals surface area contributed by atoms with Gasteiger partial charge >= 0.3 is 6.18 Å². The van der Waals surface area contributed by atoms with Crippen LogP contribution in [0.1, 0.15) is 10.4 Å². The minimum Gasteiger partial charge on any atom is -0.354 e. The molecule has 0 aliphatic carbocycles. The number of nitrogens with zero attached hydrogens (tertiary/aromatic N) is 1. The largest absolute Gasteiger partial charge is 0.455 e. The number of Topliss-reactive ketones (excluding diaryl/α,β-unsaturated/α-hetero) is 1. The molecule has 0 unspecified atom stereocenters. The van der Waals surface area contributed by atoms with Crippen molar-refractivity contribution >= 4 is 28.1 Å². The maximum Gasteiger partial charge on any atom is 0.455 e. The molecular formula is C17H11F3N2O. The standard InChI is InChI=1S/C17H11F3N2O/c18-17(19,20)16(23)13-10-21-14-9-5-4-8-12(14)15(13)22-11-6-2-1-3-7-11/h1-10H,(H,21,22). The van der Waals surface area contributed by atoms with Crippen molar-refractivity contribution in [1.82, 2.24) is 4.98 Å². The number of hydrogen-bond donors (Lipinski definition) is 1. The van der Waals surface area contributed by atoms with E-state index in [9.17, 15) is 18.0 Å². The molecule has 3 aromatic rings. The number of ketones is 1. The molecule has 0 fully saturated rings. The minimum atomic E-state index is -4.96. The second-order valence-corrected chi connectivity index (χ2v) is 4.88. The van der Waals surface area contributed by atoms with Gasteiger partial charge in [0.1, 0.15) is 0 Å². The fourth-order valence-corrected chi connectivity index (χ4v) is 2.27. The van der Waals surface area contributed by atoms with Crippen LogP contribution in [0.25, 0.3) is 10.9 Å². The van der Waals surface area contributed by atoms with Crippen LogP contribution < -0.4 is 5.32 Å². The predicted molar refractivity (Wildman–Crippen MR) is 81.9 cm³/mol. The average molecular weight is 316 g/mol. The molecule has 0 spiro atoms. The number of benzene rings is 2. The molecule has 2 aromatic carbocycles. The Morgan fingerprint density at radius 2 is 1.61 bits per heavy atom. The first kappa shape index (κ1) is 15.0. The van der Waals surface area contributed by atoms with E-state index in [0.29, 0.717) is 16.6 Å². The molecule has 1 heterocycles. The van der Waals surface area contributed by atoms with Gasteiger partial charge in [0.2, 0.25) is 0 Å². The van der Waals surface area contributed by atoms with Crippen molar-refractivity contribution in [2.24, 2.45) is 0 Å². The van der Waals surface area contributed by atoms with Gasteiger partial charge in [-0.2, -0.15) is 13.2 Å². The summed E-state index contributed by atoms with van der Waals surface area (Å²) in [7, 11) is 0. The molecule has 0 atom stereocenters. The van der Waals surface area contributed by atoms with Gasteiger partial charge in [0.25, 0.3) is 5.78 Å². The Morgan fingerprint density at radius 1 is 0.957 bits per heavy atom. The van der Waals surface area contributed by atoms with E-state index < -0.39 is 17.5 Å². The number of fused-ring (bicyclic) bond motifs is 1. The van der Waals surface area contributed by atoms with E-state index in [1.165, 1.54) is 0 Å². The highest BCUT2D eigenvalue weighted by molar-refractivity contribution is 6.11. The smallest absolute Gasteiger partial charge is 0.354 e. The lowest BCUT2D eigenvalue weighted by Crippen LogP contribution is -2.24. The number of hydrogen-bond acceptors (Lipinski definition) is 3. The molecule has 0 saturated carbocycles. The topological polar surface area (TPSA) is 42.0 Å². The molecule has 6 heteroatoms. The van der Waals surface area contributed by atoms with E-state index in [-0.39, 0.29) is 5.69 Å². The van der Waals surface area contributed by atoms with E-state index >= 15 is 0 Å². The number of rotatable bonds is 3. The van der Waals surface area contributed by atoms with Crippen molar-refractivity contribution in [3.63, 3.8) is 0 Å². The SMILES string of the molecule is O=C(c1cnc2ccccc2c1Nc1ccccc1)C(F)(F)F. The van der Waals surface area contributed by atoms with Gasteiger partial charge in [0.05, 0.1) is 16.8 Å². The van der Waals surface area contributed by atoms with Gasteiger partial charge < -0.3 is 5.32 Å². The van der Waals surface area contributed by atoms with Crippen LogP contribution in [0.15, 0.2) is 60.8 Å². The van der Waals surface area contributed by atoms with E-state index in [0.717, 1.165) is 6.20 Å². The third-order valence-electron chi connectivity index (χ3n) is 3.32. The van der Waals surface area contributed by atoms with Crippen LogP contribution in [0, 0.1) is 0 Å². The molecule has 0 aliphatic rings. The first-order chi connectivity index (χ1) is 11.0. The summed E-state index contributed by atoms with van der Waals surface area (Å²) in [6.45, 7) is 0. The Balaban J connectivity index is 2.20. The summed E-state index contributed by atoms with van der Waals surface area (Å²) in [4.78, 5) is 15.7. The van der Waals surface area contributed by atoms with E-state index in [1.54, 1.807) is 54.6 Å². The lowest BCUT2D eigenvalue weighted by Gasteiger charge is -2.15. The lowest BCUT2D eigenvalue weighted by atomic mass is 10.1. The van der Waals surface area contributed by atoms with Crippen LogP contribution in [-0.4, -0.2) is 16.9 Å². The number of para-hydroxylation sites is 2. The van der Waals surface area contributed by atoms with Gasteiger partial charge in [0, 0.05) is 17.3 Å². The van der Waals surface area contributed by atoms with Crippen LogP contribution in [-0.2, 0) is 0 Å². The zero-order chi connectivity index (χ0) is 16.4. The fraction of sp³-hybridized carbons (Fsp3) is 0.0588. The number of halogens is 3. The van der Waals surface area contributed by atoms with Gasteiger partial charge in [-0.05, 0) is 18.2 Å². The Hall–Kier alpha value is -2.89. The summed E-state index contributed by atoms with van der Waals surface area (Å²) in [5.74, 6) is -1.92. The van der Waals surface area contributed by atoms with Crippen LogP contribution in [0.3, 0.4) is 0 Å². The van der Waals surface area contributed by atoms with Gasteiger partial charge in [-0.3, -0.25) is 9.78 Å². The molecule has 0 bridgehead atoms. The van der Waals surface area contributed by atoms with Crippen LogP contribution in [0.2, 0.25) is 0 Å². The van der Waals surface area contributed by atoms with Gasteiger partial charge in [-0.25, -0.2) is 0 Å². The first-order valence-corrected chi connectivity index (χ1v) is 6.78. The number of alkyl halides is 3. The summed E-state index contributed by atoms with van der Waals surface area (Å²) in [5, 5.41) is 3.36. The Labute approximate surface area is 129 Å². The lowest BCUT2D eigenvalue weighted by molar-refractivity contribution is -0.0884. The van der Waals surface area contributed by atoms with E-state index in [2.05, 4.69) is 10.3 Å². The second kappa shape index (κ2) is 5.72. The predicted octanol–water partition coefficient (Wildman–Crippen LogP) is 4.72. The summed E-state index contributed by atoms with van der Waals surface area (Å²) in [5.41, 5.74) is 0.689. The normalized spacial score (nSPS) is 11.4. The fourth-order valence-electron chi connectivity index (χ4n) is 2.27. The van der Waals surface area contributed by atoms with Gasteiger partial charge in [-0.1, -0.05) is 36.4 Å². The highest BCUT2D eigenvalue weighted by Gasteiger charge is 2.41. The summed E-state index contributed by atoms with van der Waals surface area (Å²) >= 11 is 0. The third kappa shape index (κ3) is 3.01. The van der Waals surface area contributed by atoms with Crippen molar-refractivity contribution in [3.05, 3.63) is 66.4 Å². The van der Waals surface area contributed by atoms with Crippen molar-refractivity contribution in [2.45, 2.75) is 6.18 Å². The van der Waals surface area contributed by atoms with Crippen molar-refractivity contribution in [3.8, 4) is 0 Å². The quantitative estimate of drug-likeness (QED) is 0.711. The van der Waals surface area contributed by atoms with Crippen molar-refractivity contribution in [1.29, 1.82) is 0 Å². The maximum absolute atomic E-state index is 12.8. The molecule has 1 N–H and O–H groups in total. The highest BCUT2D eigenvalue weighted by Crippen LogP contribution is 2.33. The van der Waals surface area contributed by atoms with Crippen LogP contribution in [0.4, 0.5) is 24.5 Å². The van der Waals surface area contributed by atoms with Gasteiger partial charge in [-0.15, -0.1) is 0 Å². The molecule has 0 aliphatic heterocycles. The summed E-state index contributed by atoms with van der Waals surface area (Å²) < 4.78 is 38.5. The molecule has 0 radical (unpaired) electrons. The maximum atomic E-state index is 12.8. The number of nitrogens with one attached hydrogen (secondary N) is 1. The van der Waals surface area contributed by atoms with Gasteiger partial charge in [0.15, 0.2) is 0 Å². The van der Waals surface area contributed by atoms with Crippen LogP contribution >= 0.6 is 0 Å². The number of carbonyl (C=O) groups excluding carboxylic acids is 1. The van der Waals surface area contributed by atoms with E-state index in [4.69, 9.17) is 0 Å². The molecule has 116 valence electrons. The molecular weight excluding hydrogens is 305 g/mol. The summed E-state index contributed by atoms with van der Waals surface area (Å²) in [6, 6.07) is 15.4. The molecule has 1 aromatic heterocycles. The molecule has 23 heavy (non-hydrogen) atoms. The Kier molecular flexibility index (Phi) is 3.73. The Bertz CT molecular complexity index is 861. The zero-order valence-electron chi connectivity index (χ0n) is 11.8. The monoisotopic (exact) mass is 316 g/mol. The second-order valence-electron chi connectivity index (χ2n) is 4.88. The molecule has 0 amide bonds. The molecule has 0 saturated heterocycles. The number of carbonyl (C=O) groups is 1. The third-order valence-corrected chi connectivity index (χ3v) is 3.32. The van der Waals surface area contributed by atoms with Crippen LogP contribution in [0.5, 0.6) is 0 Å². The molecule has 3 nitrogen and oxygen atoms in total.